The molecule has 0 saturated heterocycles. The lowest BCUT2D eigenvalue weighted by Gasteiger charge is -2.06. The van der Waals surface area contributed by atoms with E-state index in [9.17, 15) is 19.3 Å². The fourth-order valence-electron chi connectivity index (χ4n) is 1.58. The lowest BCUT2D eigenvalue weighted by molar-refractivity contribution is -0.385. The summed E-state index contributed by atoms with van der Waals surface area (Å²) in [7, 11) is 0. The first-order chi connectivity index (χ1) is 8.97. The Labute approximate surface area is 115 Å². The summed E-state index contributed by atoms with van der Waals surface area (Å²) in [6.07, 6.45) is 1.10. The fraction of sp³-hybridized carbons (Fsp3) is 0.0833. The minimum Gasteiger partial charge on any atom is -0.304 e. The van der Waals surface area contributed by atoms with Crippen LogP contribution < -0.4 is 5.56 Å². The van der Waals surface area contributed by atoms with E-state index in [1.807, 2.05) is 0 Å². The molecule has 98 valence electrons. The molecule has 0 bridgehead atoms. The van der Waals surface area contributed by atoms with Crippen molar-refractivity contribution in [2.75, 3.05) is 0 Å². The molecule has 1 aromatic heterocycles. The number of rotatable bonds is 3. The molecule has 0 unspecified atom stereocenters. The molecule has 0 aliphatic carbocycles. The van der Waals surface area contributed by atoms with E-state index in [1.165, 1.54) is 12.1 Å². The molecule has 0 fully saturated rings. The molecular weight excluding hydrogens is 319 g/mol. The number of benzene rings is 1. The fourth-order valence-corrected chi connectivity index (χ4v) is 1.92. The third-order valence-electron chi connectivity index (χ3n) is 2.53. The van der Waals surface area contributed by atoms with Crippen LogP contribution in [-0.2, 0) is 6.54 Å². The number of hydrogen-bond acceptors (Lipinski definition) is 3. The van der Waals surface area contributed by atoms with Crippen molar-refractivity contribution in [3.05, 3.63) is 72.9 Å². The van der Waals surface area contributed by atoms with Gasteiger partial charge in [-0.05, 0) is 12.1 Å². The van der Waals surface area contributed by atoms with E-state index in [-0.39, 0.29) is 17.8 Å². The molecule has 0 N–H and O–H groups in total. The predicted octanol–water partition coefficient (Wildman–Crippen LogP) is 2.71. The minimum atomic E-state index is -0.603. The molecule has 1 aromatic carbocycles. The van der Waals surface area contributed by atoms with Gasteiger partial charge in [0.25, 0.3) is 11.2 Å². The molecular formula is C12H8BrFN2O3. The highest BCUT2D eigenvalue weighted by Gasteiger charge is 2.10. The molecule has 0 aliphatic rings. The third-order valence-corrected chi connectivity index (χ3v) is 3.03. The van der Waals surface area contributed by atoms with Gasteiger partial charge >= 0.3 is 0 Å². The molecule has 0 spiro atoms. The van der Waals surface area contributed by atoms with Crippen molar-refractivity contribution in [3.8, 4) is 0 Å². The largest absolute Gasteiger partial charge is 0.304 e. The lowest BCUT2D eigenvalue weighted by Crippen LogP contribution is -2.19. The van der Waals surface area contributed by atoms with Crippen molar-refractivity contribution >= 4 is 21.6 Å². The number of nitro groups is 1. The second kappa shape index (κ2) is 5.31. The van der Waals surface area contributed by atoms with Gasteiger partial charge in [0.15, 0.2) is 0 Å². The smallest absolute Gasteiger partial charge is 0.285 e. The first-order valence-electron chi connectivity index (χ1n) is 5.26. The average Bonchev–Trinajstić information content (AvgIpc) is 2.34. The Balaban J connectivity index is 2.40. The maximum absolute atomic E-state index is 13.6. The molecule has 0 atom stereocenters. The Kier molecular flexibility index (Phi) is 3.75. The van der Waals surface area contributed by atoms with Gasteiger partial charge in [-0.3, -0.25) is 14.9 Å². The summed E-state index contributed by atoms with van der Waals surface area (Å²) < 4.78 is 15.3. The van der Waals surface area contributed by atoms with Crippen LogP contribution in [0.5, 0.6) is 0 Å². The second-order valence-electron chi connectivity index (χ2n) is 3.85. The Morgan fingerprint density at radius 3 is 2.68 bits per heavy atom. The molecule has 0 saturated carbocycles. The monoisotopic (exact) mass is 326 g/mol. The summed E-state index contributed by atoms with van der Waals surface area (Å²) in [5.41, 5.74) is -0.351. The van der Waals surface area contributed by atoms with E-state index in [2.05, 4.69) is 15.9 Å². The van der Waals surface area contributed by atoms with Crippen molar-refractivity contribution in [3.63, 3.8) is 0 Å². The molecule has 2 rings (SSSR count). The summed E-state index contributed by atoms with van der Waals surface area (Å²) in [5, 5.41) is 10.6. The van der Waals surface area contributed by atoms with Crippen LogP contribution >= 0.6 is 15.9 Å². The van der Waals surface area contributed by atoms with Crippen molar-refractivity contribution in [2.24, 2.45) is 0 Å². The standard InChI is InChI=1S/C12H8BrFN2O3/c13-9-2-1-8(11(14)5-9)6-15-7-10(16(18)19)3-4-12(15)17/h1-5,7H,6H2. The van der Waals surface area contributed by atoms with Gasteiger partial charge in [0, 0.05) is 22.2 Å². The van der Waals surface area contributed by atoms with Crippen LogP contribution in [0, 0.1) is 15.9 Å². The molecule has 0 radical (unpaired) electrons. The number of aromatic nitrogens is 1. The summed E-state index contributed by atoms with van der Waals surface area (Å²) >= 11 is 3.13. The molecule has 2 aromatic rings. The van der Waals surface area contributed by atoms with E-state index in [1.54, 1.807) is 6.07 Å². The van der Waals surface area contributed by atoms with Crippen LogP contribution in [0.4, 0.5) is 10.1 Å². The quantitative estimate of drug-likeness (QED) is 0.643. The highest BCUT2D eigenvalue weighted by atomic mass is 79.9. The van der Waals surface area contributed by atoms with Gasteiger partial charge in [0.1, 0.15) is 5.82 Å². The SMILES string of the molecule is O=c1ccc([N+](=O)[O-])cn1Cc1ccc(Br)cc1F. The minimum absolute atomic E-state index is 0.0559. The molecule has 5 nitrogen and oxygen atoms in total. The maximum atomic E-state index is 13.6. The van der Waals surface area contributed by atoms with Crippen LogP contribution in [0.15, 0.2) is 45.8 Å². The molecule has 19 heavy (non-hydrogen) atoms. The van der Waals surface area contributed by atoms with Crippen molar-refractivity contribution < 1.29 is 9.31 Å². The van der Waals surface area contributed by atoms with Gasteiger partial charge < -0.3 is 4.57 Å². The van der Waals surface area contributed by atoms with Gasteiger partial charge in [-0.2, -0.15) is 0 Å². The molecule has 0 amide bonds. The van der Waals surface area contributed by atoms with Gasteiger partial charge in [0.2, 0.25) is 0 Å². The zero-order chi connectivity index (χ0) is 14.0. The maximum Gasteiger partial charge on any atom is 0.285 e. The predicted molar refractivity (Wildman–Crippen MR) is 70.6 cm³/mol. The van der Waals surface area contributed by atoms with Crippen LogP contribution in [-0.4, -0.2) is 9.49 Å². The lowest BCUT2D eigenvalue weighted by atomic mass is 10.2. The zero-order valence-electron chi connectivity index (χ0n) is 9.55. The number of pyridine rings is 1. The first kappa shape index (κ1) is 13.4. The van der Waals surface area contributed by atoms with Crippen LogP contribution in [0.2, 0.25) is 0 Å². The zero-order valence-corrected chi connectivity index (χ0v) is 11.1. The summed E-state index contributed by atoms with van der Waals surface area (Å²) in [4.78, 5) is 21.6. The van der Waals surface area contributed by atoms with Crippen molar-refractivity contribution in [2.45, 2.75) is 6.54 Å². The summed E-state index contributed by atoms with van der Waals surface area (Å²) in [5.74, 6) is -0.479. The van der Waals surface area contributed by atoms with Gasteiger partial charge in [0.05, 0.1) is 17.7 Å². The number of halogens is 2. The summed E-state index contributed by atoms with van der Waals surface area (Å²) in [6.45, 7) is -0.0559. The molecule has 7 heteroatoms. The van der Waals surface area contributed by atoms with Crippen molar-refractivity contribution in [1.29, 1.82) is 0 Å². The normalized spacial score (nSPS) is 10.4. The van der Waals surface area contributed by atoms with E-state index in [0.29, 0.717) is 4.47 Å². The van der Waals surface area contributed by atoms with E-state index in [4.69, 9.17) is 0 Å². The number of hydrogen-bond donors (Lipinski definition) is 0. The van der Waals surface area contributed by atoms with Crippen LogP contribution in [0.3, 0.4) is 0 Å². The Morgan fingerprint density at radius 2 is 2.05 bits per heavy atom. The summed E-state index contributed by atoms with van der Waals surface area (Å²) in [6, 6.07) is 6.65. The van der Waals surface area contributed by atoms with E-state index >= 15 is 0 Å². The van der Waals surface area contributed by atoms with Gasteiger partial charge in [-0.25, -0.2) is 4.39 Å². The van der Waals surface area contributed by atoms with Crippen LogP contribution in [0.25, 0.3) is 0 Å². The van der Waals surface area contributed by atoms with Crippen LogP contribution in [0.1, 0.15) is 5.56 Å². The molecule has 0 aliphatic heterocycles. The van der Waals surface area contributed by atoms with Gasteiger partial charge in [-0.1, -0.05) is 22.0 Å². The second-order valence-corrected chi connectivity index (χ2v) is 4.76. The Hall–Kier alpha value is -2.02. The highest BCUT2D eigenvalue weighted by molar-refractivity contribution is 9.10. The topological polar surface area (TPSA) is 65.1 Å². The van der Waals surface area contributed by atoms with Gasteiger partial charge in [-0.15, -0.1) is 0 Å². The average molecular weight is 327 g/mol. The molecule has 1 heterocycles. The first-order valence-corrected chi connectivity index (χ1v) is 6.05. The van der Waals surface area contributed by atoms with E-state index in [0.717, 1.165) is 22.9 Å². The number of nitrogens with zero attached hydrogens (tertiary/aromatic N) is 2. The highest BCUT2D eigenvalue weighted by Crippen LogP contribution is 2.16. The van der Waals surface area contributed by atoms with E-state index < -0.39 is 16.3 Å². The third kappa shape index (κ3) is 3.05. The van der Waals surface area contributed by atoms with Crippen molar-refractivity contribution in [1.82, 2.24) is 4.57 Å². The Bertz CT molecular complexity index is 700. The Morgan fingerprint density at radius 1 is 1.32 bits per heavy atom.